The molecule has 0 spiro atoms. The molecule has 2 heteroatoms. The summed E-state index contributed by atoms with van der Waals surface area (Å²) in [4.78, 5) is 0. The summed E-state index contributed by atoms with van der Waals surface area (Å²) in [6.07, 6.45) is 2.23. The van der Waals surface area contributed by atoms with E-state index < -0.39 is 0 Å². The van der Waals surface area contributed by atoms with Crippen molar-refractivity contribution in [2.75, 3.05) is 0 Å². The molecule has 134 valence electrons. The third-order valence-corrected chi connectivity index (χ3v) is 6.38. The number of aryl methyl sites for hydroxylation is 2. The van der Waals surface area contributed by atoms with Gasteiger partial charge in [-0.15, -0.1) is 0 Å². The molecule has 1 heterocycles. The fourth-order valence-electron chi connectivity index (χ4n) is 4.69. The molecule has 0 aliphatic heterocycles. The first-order valence-electron chi connectivity index (χ1n) is 9.70. The Kier molecular flexibility index (Phi) is 3.51. The van der Waals surface area contributed by atoms with Gasteiger partial charge >= 0.3 is 0 Å². The zero-order valence-corrected chi connectivity index (χ0v) is 16.9. The van der Waals surface area contributed by atoms with Gasteiger partial charge in [-0.3, -0.25) is 0 Å². The summed E-state index contributed by atoms with van der Waals surface area (Å²) in [6.45, 7) is 0. The fourth-order valence-corrected chi connectivity index (χ4v) is 5.18. The number of hydrogen-bond donors (Lipinski definition) is 0. The van der Waals surface area contributed by atoms with Crippen molar-refractivity contribution >= 4 is 37.7 Å². The summed E-state index contributed by atoms with van der Waals surface area (Å²) in [5.74, 6) is 0. The van der Waals surface area contributed by atoms with Gasteiger partial charge in [-0.2, -0.15) is 0 Å². The van der Waals surface area contributed by atoms with Crippen LogP contribution in [0.15, 0.2) is 89.4 Å². The van der Waals surface area contributed by atoms with Gasteiger partial charge in [0.2, 0.25) is 0 Å². The molecule has 0 bridgehead atoms. The van der Waals surface area contributed by atoms with Gasteiger partial charge in [-0.25, -0.2) is 0 Å². The molecule has 0 amide bonds. The molecule has 0 unspecified atom stereocenters. The van der Waals surface area contributed by atoms with Gasteiger partial charge in [-0.05, 0) is 65.4 Å². The second kappa shape index (κ2) is 6.08. The van der Waals surface area contributed by atoms with E-state index in [0.717, 1.165) is 17.3 Å². The van der Waals surface area contributed by atoms with E-state index in [0.29, 0.717) is 0 Å². The van der Waals surface area contributed by atoms with Crippen LogP contribution in [0.2, 0.25) is 0 Å². The van der Waals surface area contributed by atoms with Gasteiger partial charge in [0.25, 0.3) is 0 Å². The number of hydrogen-bond acceptors (Lipinski definition) is 0. The molecule has 4 aromatic carbocycles. The van der Waals surface area contributed by atoms with Crippen molar-refractivity contribution in [3.05, 3.63) is 101 Å². The first-order valence-corrected chi connectivity index (χ1v) is 10.5. The maximum Gasteiger partial charge on any atom is 0.0555 e. The Morgan fingerprint density at radius 3 is 2.14 bits per heavy atom. The predicted molar refractivity (Wildman–Crippen MR) is 121 cm³/mol. The highest BCUT2D eigenvalue weighted by Crippen LogP contribution is 2.41. The number of aromatic nitrogens is 1. The number of rotatable bonds is 2. The molecule has 0 atom stereocenters. The molecule has 0 N–H and O–H groups in total. The van der Waals surface area contributed by atoms with Gasteiger partial charge in [0, 0.05) is 20.9 Å². The molecule has 0 radical (unpaired) electrons. The third kappa shape index (κ3) is 2.31. The average molecular weight is 424 g/mol. The van der Waals surface area contributed by atoms with Crippen molar-refractivity contribution in [1.82, 2.24) is 4.57 Å². The van der Waals surface area contributed by atoms with Crippen LogP contribution < -0.4 is 0 Å². The molecule has 28 heavy (non-hydrogen) atoms. The van der Waals surface area contributed by atoms with Crippen molar-refractivity contribution in [3.63, 3.8) is 0 Å². The number of nitrogens with zero attached hydrogens (tertiary/aromatic N) is 1. The molecule has 0 saturated heterocycles. The Labute approximate surface area is 172 Å². The highest BCUT2D eigenvalue weighted by molar-refractivity contribution is 9.10. The smallest absolute Gasteiger partial charge is 0.0555 e. The maximum absolute atomic E-state index is 3.74. The van der Waals surface area contributed by atoms with Gasteiger partial charge in [0.05, 0.1) is 11.0 Å². The Bertz CT molecular complexity index is 1340. The SMILES string of the molecule is Brc1cc2c3c4c(cccc4n(-c4ccc(-c5ccccc5)cc4)c3c1)CC2. The van der Waals surface area contributed by atoms with Crippen LogP contribution in [0, 0.1) is 0 Å². The lowest BCUT2D eigenvalue weighted by molar-refractivity contribution is 0.968. The highest BCUT2D eigenvalue weighted by atomic mass is 79.9. The zero-order chi connectivity index (χ0) is 18.7. The van der Waals surface area contributed by atoms with E-state index in [1.807, 2.05) is 0 Å². The van der Waals surface area contributed by atoms with Crippen molar-refractivity contribution in [3.8, 4) is 16.8 Å². The molecule has 1 aliphatic carbocycles. The summed E-state index contributed by atoms with van der Waals surface area (Å²) >= 11 is 3.74. The van der Waals surface area contributed by atoms with Crippen LogP contribution in [0.25, 0.3) is 38.6 Å². The number of benzene rings is 4. The number of halogens is 1. The molecular weight excluding hydrogens is 406 g/mol. The average Bonchev–Trinajstić information content (AvgIpc) is 3.07. The van der Waals surface area contributed by atoms with E-state index in [1.165, 1.54) is 49.7 Å². The minimum Gasteiger partial charge on any atom is -0.309 e. The first kappa shape index (κ1) is 16.1. The lowest BCUT2D eigenvalue weighted by Crippen LogP contribution is -1.98. The van der Waals surface area contributed by atoms with E-state index >= 15 is 0 Å². The maximum atomic E-state index is 3.74. The standard InChI is InChI=1S/C26H18BrN/c27-21-15-20-10-9-19-7-4-8-23-25(19)26(20)24(16-21)28(23)22-13-11-18(12-14-22)17-5-2-1-3-6-17/h1-8,11-16H,9-10H2. The molecule has 0 fully saturated rings. The molecule has 0 saturated carbocycles. The molecule has 1 aliphatic rings. The predicted octanol–water partition coefficient (Wildman–Crippen LogP) is 7.31. The van der Waals surface area contributed by atoms with Crippen LogP contribution in [0.4, 0.5) is 0 Å². The van der Waals surface area contributed by atoms with E-state index in [2.05, 4.69) is 105 Å². The molecule has 1 nitrogen and oxygen atoms in total. The van der Waals surface area contributed by atoms with Crippen LogP contribution in [-0.4, -0.2) is 4.57 Å². The van der Waals surface area contributed by atoms with Crippen LogP contribution >= 0.6 is 15.9 Å². The fraction of sp³-hybridized carbons (Fsp3) is 0.0769. The lowest BCUT2D eigenvalue weighted by Gasteiger charge is -2.13. The highest BCUT2D eigenvalue weighted by Gasteiger charge is 2.21. The Morgan fingerprint density at radius 1 is 0.607 bits per heavy atom. The van der Waals surface area contributed by atoms with Gasteiger partial charge in [0.1, 0.15) is 0 Å². The van der Waals surface area contributed by atoms with Gasteiger partial charge in [-0.1, -0.05) is 70.5 Å². The van der Waals surface area contributed by atoms with Crippen LogP contribution in [0.1, 0.15) is 11.1 Å². The molecule has 5 aromatic rings. The van der Waals surface area contributed by atoms with Crippen molar-refractivity contribution in [2.45, 2.75) is 12.8 Å². The monoisotopic (exact) mass is 423 g/mol. The molecule has 6 rings (SSSR count). The lowest BCUT2D eigenvalue weighted by atomic mass is 9.91. The first-order chi connectivity index (χ1) is 13.8. The summed E-state index contributed by atoms with van der Waals surface area (Å²) in [5, 5.41) is 2.85. The second-order valence-electron chi connectivity index (χ2n) is 7.52. The zero-order valence-electron chi connectivity index (χ0n) is 15.3. The Hall–Kier alpha value is -2.84. The largest absolute Gasteiger partial charge is 0.309 e. The summed E-state index contributed by atoms with van der Waals surface area (Å²) in [5.41, 5.74) is 9.23. The quantitative estimate of drug-likeness (QED) is 0.280. The topological polar surface area (TPSA) is 4.93 Å². The summed E-state index contributed by atoms with van der Waals surface area (Å²) in [7, 11) is 0. The van der Waals surface area contributed by atoms with Crippen molar-refractivity contribution in [2.24, 2.45) is 0 Å². The van der Waals surface area contributed by atoms with E-state index in [4.69, 9.17) is 0 Å². The Balaban J connectivity index is 1.64. The third-order valence-electron chi connectivity index (χ3n) is 5.92. The minimum absolute atomic E-state index is 1.11. The van der Waals surface area contributed by atoms with E-state index in [1.54, 1.807) is 0 Å². The summed E-state index contributed by atoms with van der Waals surface area (Å²) < 4.78 is 3.58. The van der Waals surface area contributed by atoms with E-state index in [-0.39, 0.29) is 0 Å². The normalized spacial score (nSPS) is 12.9. The van der Waals surface area contributed by atoms with Gasteiger partial charge < -0.3 is 4.57 Å². The van der Waals surface area contributed by atoms with Crippen LogP contribution in [-0.2, 0) is 12.8 Å². The van der Waals surface area contributed by atoms with Gasteiger partial charge in [0.15, 0.2) is 0 Å². The van der Waals surface area contributed by atoms with Crippen molar-refractivity contribution in [1.29, 1.82) is 0 Å². The molecule has 1 aromatic heterocycles. The molecular formula is C26H18BrN. The second-order valence-corrected chi connectivity index (χ2v) is 8.43. The van der Waals surface area contributed by atoms with Crippen LogP contribution in [0.3, 0.4) is 0 Å². The van der Waals surface area contributed by atoms with E-state index in [9.17, 15) is 0 Å². The van der Waals surface area contributed by atoms with Crippen LogP contribution in [0.5, 0.6) is 0 Å². The Morgan fingerprint density at radius 2 is 1.32 bits per heavy atom. The van der Waals surface area contributed by atoms with Crippen molar-refractivity contribution < 1.29 is 0 Å². The summed E-state index contributed by atoms with van der Waals surface area (Å²) in [6, 6.07) is 30.8. The minimum atomic E-state index is 1.11.